The van der Waals surface area contributed by atoms with Gasteiger partial charge in [0, 0.05) is 31.7 Å². The number of hydrogen-bond donors (Lipinski definition) is 1. The third-order valence-electron chi connectivity index (χ3n) is 3.04. The highest BCUT2D eigenvalue weighted by molar-refractivity contribution is 5.12. The molecule has 2 aromatic rings. The first-order valence-electron chi connectivity index (χ1n) is 5.85. The van der Waals surface area contributed by atoms with Crippen LogP contribution in [-0.4, -0.2) is 21.8 Å². The van der Waals surface area contributed by atoms with Gasteiger partial charge in [-0.15, -0.1) is 0 Å². The first-order chi connectivity index (χ1) is 8.31. The van der Waals surface area contributed by atoms with E-state index < -0.39 is 0 Å². The molecule has 1 atom stereocenters. The fraction of sp³-hybridized carbons (Fsp3) is 0.385. The second-order valence-corrected chi connectivity index (χ2v) is 4.12. The number of aromatic nitrogens is 3. The van der Waals surface area contributed by atoms with E-state index in [9.17, 15) is 0 Å². The molecule has 0 amide bonds. The normalized spacial score (nSPS) is 12.6. The quantitative estimate of drug-likeness (QED) is 0.850. The molecule has 2 rings (SSSR count). The van der Waals surface area contributed by atoms with Gasteiger partial charge < -0.3 is 5.32 Å². The molecule has 0 bridgehead atoms. The first kappa shape index (κ1) is 11.8. The molecule has 2 heterocycles. The van der Waals surface area contributed by atoms with Crippen molar-refractivity contribution in [3.63, 3.8) is 0 Å². The third-order valence-corrected chi connectivity index (χ3v) is 3.04. The van der Waals surface area contributed by atoms with Crippen LogP contribution in [0.1, 0.15) is 23.7 Å². The van der Waals surface area contributed by atoms with E-state index in [1.165, 1.54) is 11.3 Å². The predicted octanol–water partition coefficient (Wildman–Crippen LogP) is 1.71. The molecule has 1 N–H and O–H groups in total. The lowest BCUT2D eigenvalue weighted by Crippen LogP contribution is -2.20. The Kier molecular flexibility index (Phi) is 3.88. The van der Waals surface area contributed by atoms with Crippen molar-refractivity contribution in [1.82, 2.24) is 20.1 Å². The molecule has 0 aliphatic carbocycles. The minimum absolute atomic E-state index is 0.343. The average Bonchev–Trinajstić information content (AvgIpc) is 2.78. The summed E-state index contributed by atoms with van der Waals surface area (Å²) in [6.45, 7) is 0. The molecule has 90 valence electrons. The molecule has 0 aliphatic rings. The summed E-state index contributed by atoms with van der Waals surface area (Å²) in [6.07, 6.45) is 7.62. The van der Waals surface area contributed by atoms with Crippen LogP contribution >= 0.6 is 0 Å². The monoisotopic (exact) mass is 230 g/mol. The largest absolute Gasteiger partial charge is 0.312 e. The van der Waals surface area contributed by atoms with Gasteiger partial charge in [-0.2, -0.15) is 5.10 Å². The number of aryl methyl sites for hydroxylation is 2. The van der Waals surface area contributed by atoms with Crippen LogP contribution in [0.4, 0.5) is 0 Å². The summed E-state index contributed by atoms with van der Waals surface area (Å²) in [6, 6.07) is 6.54. The molecule has 4 heteroatoms. The molecular weight excluding hydrogens is 212 g/mol. The zero-order valence-corrected chi connectivity index (χ0v) is 10.3. The lowest BCUT2D eigenvalue weighted by atomic mass is 10.0. The van der Waals surface area contributed by atoms with E-state index in [4.69, 9.17) is 0 Å². The van der Waals surface area contributed by atoms with Gasteiger partial charge in [0.25, 0.3) is 0 Å². The average molecular weight is 230 g/mol. The van der Waals surface area contributed by atoms with Crippen LogP contribution in [0, 0.1) is 0 Å². The summed E-state index contributed by atoms with van der Waals surface area (Å²) >= 11 is 0. The lowest BCUT2D eigenvalue weighted by molar-refractivity contribution is 0.506. The Bertz CT molecular complexity index is 449. The second kappa shape index (κ2) is 5.59. The summed E-state index contributed by atoms with van der Waals surface area (Å²) in [7, 11) is 3.97. The van der Waals surface area contributed by atoms with Gasteiger partial charge in [-0.3, -0.25) is 9.67 Å². The van der Waals surface area contributed by atoms with Gasteiger partial charge in [-0.05, 0) is 43.7 Å². The van der Waals surface area contributed by atoms with Crippen LogP contribution in [0.15, 0.2) is 36.8 Å². The van der Waals surface area contributed by atoms with Crippen LogP contribution in [-0.2, 0) is 13.5 Å². The summed E-state index contributed by atoms with van der Waals surface area (Å²) in [5.74, 6) is 0. The minimum atomic E-state index is 0.343. The molecule has 1 unspecified atom stereocenters. The maximum absolute atomic E-state index is 4.21. The van der Waals surface area contributed by atoms with E-state index in [0.717, 1.165) is 12.8 Å². The number of nitrogens with one attached hydrogen (secondary N) is 1. The Labute approximate surface area is 102 Å². The molecule has 0 aliphatic heterocycles. The molecule has 0 aromatic carbocycles. The van der Waals surface area contributed by atoms with E-state index in [0.29, 0.717) is 6.04 Å². The van der Waals surface area contributed by atoms with Crippen molar-refractivity contribution in [2.24, 2.45) is 7.05 Å². The first-order valence-corrected chi connectivity index (χ1v) is 5.85. The Hall–Kier alpha value is -1.68. The van der Waals surface area contributed by atoms with E-state index in [1.54, 1.807) is 0 Å². The van der Waals surface area contributed by atoms with Crippen molar-refractivity contribution in [1.29, 1.82) is 0 Å². The molecule has 2 aromatic heterocycles. The summed E-state index contributed by atoms with van der Waals surface area (Å²) < 4.78 is 1.92. The topological polar surface area (TPSA) is 42.7 Å². The Morgan fingerprint density at radius 3 is 2.59 bits per heavy atom. The highest BCUT2D eigenvalue weighted by Gasteiger charge is 2.12. The molecule has 0 spiro atoms. The summed E-state index contributed by atoms with van der Waals surface area (Å²) in [5, 5.41) is 7.55. The van der Waals surface area contributed by atoms with Gasteiger partial charge in [0.2, 0.25) is 0 Å². The fourth-order valence-electron chi connectivity index (χ4n) is 2.03. The SMILES string of the molecule is CNC(CCc1ccncc1)c1ccnn1C. The van der Waals surface area contributed by atoms with Crippen LogP contribution in [0.25, 0.3) is 0 Å². The highest BCUT2D eigenvalue weighted by atomic mass is 15.3. The van der Waals surface area contributed by atoms with Crippen LogP contribution < -0.4 is 5.32 Å². The van der Waals surface area contributed by atoms with E-state index in [-0.39, 0.29) is 0 Å². The lowest BCUT2D eigenvalue weighted by Gasteiger charge is -2.16. The Balaban J connectivity index is 2.00. The maximum Gasteiger partial charge on any atom is 0.0550 e. The predicted molar refractivity (Wildman–Crippen MR) is 67.6 cm³/mol. The second-order valence-electron chi connectivity index (χ2n) is 4.12. The van der Waals surface area contributed by atoms with Crippen LogP contribution in [0.5, 0.6) is 0 Å². The molecule has 0 saturated heterocycles. The van der Waals surface area contributed by atoms with Gasteiger partial charge in [0.05, 0.1) is 5.69 Å². The zero-order chi connectivity index (χ0) is 12.1. The number of pyridine rings is 1. The zero-order valence-electron chi connectivity index (χ0n) is 10.3. The van der Waals surface area contributed by atoms with Crippen molar-refractivity contribution in [2.45, 2.75) is 18.9 Å². The van der Waals surface area contributed by atoms with Crippen molar-refractivity contribution >= 4 is 0 Å². The van der Waals surface area contributed by atoms with Gasteiger partial charge in [-0.25, -0.2) is 0 Å². The smallest absolute Gasteiger partial charge is 0.0550 e. The fourth-order valence-corrected chi connectivity index (χ4v) is 2.03. The third kappa shape index (κ3) is 2.91. The molecular formula is C13H18N4. The van der Waals surface area contributed by atoms with Crippen molar-refractivity contribution in [3.8, 4) is 0 Å². The van der Waals surface area contributed by atoms with Gasteiger partial charge >= 0.3 is 0 Å². The van der Waals surface area contributed by atoms with Gasteiger partial charge in [-0.1, -0.05) is 0 Å². The Morgan fingerprint density at radius 1 is 1.24 bits per heavy atom. The van der Waals surface area contributed by atoms with Gasteiger partial charge in [0.15, 0.2) is 0 Å². The number of nitrogens with zero attached hydrogens (tertiary/aromatic N) is 3. The standard InChI is InChI=1S/C13H18N4/c1-14-12(13-7-10-16-17(13)2)4-3-11-5-8-15-9-6-11/h5-10,12,14H,3-4H2,1-2H3. The van der Waals surface area contributed by atoms with Gasteiger partial charge in [0.1, 0.15) is 0 Å². The van der Waals surface area contributed by atoms with E-state index in [2.05, 4.69) is 33.6 Å². The van der Waals surface area contributed by atoms with Crippen LogP contribution in [0.3, 0.4) is 0 Å². The molecule has 0 saturated carbocycles. The Morgan fingerprint density at radius 2 is 2.00 bits per heavy atom. The van der Waals surface area contributed by atoms with Crippen molar-refractivity contribution in [3.05, 3.63) is 48.0 Å². The highest BCUT2D eigenvalue weighted by Crippen LogP contribution is 2.17. The molecule has 17 heavy (non-hydrogen) atoms. The summed E-state index contributed by atoms with van der Waals surface area (Å²) in [4.78, 5) is 4.03. The van der Waals surface area contributed by atoms with Crippen molar-refractivity contribution < 1.29 is 0 Å². The van der Waals surface area contributed by atoms with Crippen LogP contribution in [0.2, 0.25) is 0 Å². The summed E-state index contributed by atoms with van der Waals surface area (Å²) in [5.41, 5.74) is 2.55. The number of hydrogen-bond acceptors (Lipinski definition) is 3. The maximum atomic E-state index is 4.21. The molecule has 4 nitrogen and oxygen atoms in total. The number of rotatable bonds is 5. The molecule has 0 fully saturated rings. The minimum Gasteiger partial charge on any atom is -0.312 e. The van der Waals surface area contributed by atoms with E-state index >= 15 is 0 Å². The van der Waals surface area contributed by atoms with Crippen molar-refractivity contribution in [2.75, 3.05) is 7.05 Å². The van der Waals surface area contributed by atoms with E-state index in [1.807, 2.05) is 37.4 Å². The molecule has 0 radical (unpaired) electrons.